The van der Waals surface area contributed by atoms with Crippen LogP contribution in [0, 0.1) is 6.92 Å². The molecule has 2 aromatic carbocycles. The maximum absolute atomic E-state index is 11.2. The summed E-state index contributed by atoms with van der Waals surface area (Å²) in [7, 11) is 0. The van der Waals surface area contributed by atoms with Gasteiger partial charge in [-0.25, -0.2) is 0 Å². The summed E-state index contributed by atoms with van der Waals surface area (Å²) in [5, 5.41) is 0. The summed E-state index contributed by atoms with van der Waals surface area (Å²) in [6, 6.07) is 13.6. The van der Waals surface area contributed by atoms with Gasteiger partial charge in [-0.2, -0.15) is 0 Å². The molecule has 0 amide bonds. The molecule has 0 atom stereocenters. The molecule has 0 saturated heterocycles. The van der Waals surface area contributed by atoms with Crippen molar-refractivity contribution in [1.29, 1.82) is 0 Å². The average molecular weight is 331 g/mol. The number of benzene rings is 2. The average Bonchev–Trinajstić information content (AvgIpc) is 2.40. The van der Waals surface area contributed by atoms with Gasteiger partial charge in [-0.1, -0.05) is 52.3 Å². The highest BCUT2D eigenvalue weighted by atomic mass is 79.9. The van der Waals surface area contributed by atoms with Crippen molar-refractivity contribution in [3.8, 4) is 5.75 Å². The number of halogens is 1. The van der Waals surface area contributed by atoms with Crippen molar-refractivity contribution in [2.75, 3.05) is 0 Å². The summed E-state index contributed by atoms with van der Waals surface area (Å²) >= 11 is 3.43. The van der Waals surface area contributed by atoms with Crippen LogP contribution in [0.15, 0.2) is 53.5 Å². The normalized spacial score (nSPS) is 10.2. The lowest BCUT2D eigenvalue weighted by Crippen LogP contribution is -2.04. The van der Waals surface area contributed by atoms with E-state index in [0.29, 0.717) is 5.75 Å². The van der Waals surface area contributed by atoms with E-state index in [0.717, 1.165) is 21.2 Å². The van der Waals surface area contributed by atoms with Crippen LogP contribution in [0.25, 0.3) is 5.57 Å². The molecule has 0 aliphatic rings. The second-order valence-electron chi connectivity index (χ2n) is 4.58. The lowest BCUT2D eigenvalue weighted by atomic mass is 9.98. The van der Waals surface area contributed by atoms with E-state index in [1.807, 2.05) is 43.3 Å². The van der Waals surface area contributed by atoms with Crippen molar-refractivity contribution in [1.82, 2.24) is 0 Å². The Balaban J connectivity index is 2.44. The zero-order valence-electron chi connectivity index (χ0n) is 11.4. The third kappa shape index (κ3) is 3.36. The maximum atomic E-state index is 11.2. The van der Waals surface area contributed by atoms with Crippen molar-refractivity contribution >= 4 is 27.5 Å². The van der Waals surface area contributed by atoms with Gasteiger partial charge < -0.3 is 4.74 Å². The lowest BCUT2D eigenvalue weighted by molar-refractivity contribution is -0.131. The second kappa shape index (κ2) is 6.06. The van der Waals surface area contributed by atoms with E-state index in [2.05, 4.69) is 22.5 Å². The Kier molecular flexibility index (Phi) is 4.40. The number of carbonyl (C=O) groups excluding carboxylic acids is 1. The first-order valence-corrected chi connectivity index (χ1v) is 7.01. The molecule has 0 spiro atoms. The molecule has 2 nitrogen and oxygen atoms in total. The van der Waals surface area contributed by atoms with Gasteiger partial charge in [0.15, 0.2) is 0 Å². The van der Waals surface area contributed by atoms with Crippen LogP contribution in [0.1, 0.15) is 23.6 Å². The van der Waals surface area contributed by atoms with E-state index < -0.39 is 0 Å². The highest BCUT2D eigenvalue weighted by Crippen LogP contribution is 2.32. The predicted molar refractivity (Wildman–Crippen MR) is 84.8 cm³/mol. The van der Waals surface area contributed by atoms with E-state index >= 15 is 0 Å². The number of esters is 1. The highest BCUT2D eigenvalue weighted by Gasteiger charge is 2.11. The Morgan fingerprint density at radius 2 is 1.80 bits per heavy atom. The minimum Gasteiger partial charge on any atom is -0.426 e. The second-order valence-corrected chi connectivity index (χ2v) is 5.49. The maximum Gasteiger partial charge on any atom is 0.308 e. The summed E-state index contributed by atoms with van der Waals surface area (Å²) in [6.07, 6.45) is 0. The van der Waals surface area contributed by atoms with Crippen LogP contribution in [0.5, 0.6) is 5.75 Å². The molecule has 0 heterocycles. The van der Waals surface area contributed by atoms with Crippen molar-refractivity contribution in [2.24, 2.45) is 0 Å². The minimum atomic E-state index is -0.342. The van der Waals surface area contributed by atoms with Crippen LogP contribution >= 0.6 is 15.9 Å². The fourth-order valence-electron chi connectivity index (χ4n) is 1.89. The van der Waals surface area contributed by atoms with E-state index in [1.54, 1.807) is 6.07 Å². The number of carbonyl (C=O) groups is 1. The van der Waals surface area contributed by atoms with Crippen molar-refractivity contribution in [2.45, 2.75) is 13.8 Å². The van der Waals surface area contributed by atoms with Gasteiger partial charge in [0.05, 0.1) is 0 Å². The fourth-order valence-corrected chi connectivity index (χ4v) is 2.25. The van der Waals surface area contributed by atoms with Crippen LogP contribution in [0.2, 0.25) is 0 Å². The van der Waals surface area contributed by atoms with Crippen molar-refractivity contribution in [3.63, 3.8) is 0 Å². The largest absolute Gasteiger partial charge is 0.426 e. The number of hydrogen-bond donors (Lipinski definition) is 0. The quantitative estimate of drug-likeness (QED) is 0.600. The molecule has 0 unspecified atom stereocenters. The molecule has 0 bridgehead atoms. The molecule has 2 rings (SSSR count). The van der Waals surface area contributed by atoms with Crippen LogP contribution in [-0.2, 0) is 4.79 Å². The number of rotatable bonds is 3. The SMILES string of the molecule is C=C(c1ccc(C)cc1)c1cc(Br)ccc1OC(C)=O. The molecule has 2 aromatic rings. The predicted octanol–water partition coefficient (Wildman–Crippen LogP) is 4.74. The number of aryl methyl sites for hydroxylation is 1. The molecule has 0 fully saturated rings. The fraction of sp³-hybridized carbons (Fsp3) is 0.118. The molecule has 3 heteroatoms. The van der Waals surface area contributed by atoms with Gasteiger partial charge >= 0.3 is 5.97 Å². The summed E-state index contributed by atoms with van der Waals surface area (Å²) in [5.41, 5.74) is 3.82. The Bertz CT molecular complexity index is 657. The molecule has 0 N–H and O–H groups in total. The molecule has 0 saturated carbocycles. The van der Waals surface area contributed by atoms with Crippen LogP contribution in [0.3, 0.4) is 0 Å². The summed E-state index contributed by atoms with van der Waals surface area (Å²) in [6.45, 7) is 7.55. The zero-order valence-corrected chi connectivity index (χ0v) is 13.0. The first-order chi connectivity index (χ1) is 9.47. The van der Waals surface area contributed by atoms with Gasteiger partial charge in [0, 0.05) is 17.0 Å². The Labute approximate surface area is 127 Å². The van der Waals surface area contributed by atoms with E-state index in [1.165, 1.54) is 12.5 Å². The zero-order chi connectivity index (χ0) is 14.7. The van der Waals surface area contributed by atoms with Gasteiger partial charge in [-0.05, 0) is 36.3 Å². The van der Waals surface area contributed by atoms with Crippen LogP contribution < -0.4 is 4.74 Å². The lowest BCUT2D eigenvalue weighted by Gasteiger charge is -2.12. The Morgan fingerprint density at radius 1 is 1.15 bits per heavy atom. The first kappa shape index (κ1) is 14.5. The third-order valence-corrected chi connectivity index (χ3v) is 3.41. The van der Waals surface area contributed by atoms with Crippen molar-refractivity contribution in [3.05, 3.63) is 70.2 Å². The van der Waals surface area contributed by atoms with Gasteiger partial charge in [-0.3, -0.25) is 4.79 Å². The first-order valence-electron chi connectivity index (χ1n) is 6.21. The summed E-state index contributed by atoms with van der Waals surface area (Å²) < 4.78 is 6.16. The Hall–Kier alpha value is -1.87. The van der Waals surface area contributed by atoms with E-state index in [-0.39, 0.29) is 5.97 Å². The highest BCUT2D eigenvalue weighted by molar-refractivity contribution is 9.10. The Morgan fingerprint density at radius 3 is 2.40 bits per heavy atom. The molecule has 0 aliphatic heterocycles. The van der Waals surface area contributed by atoms with E-state index in [4.69, 9.17) is 4.74 Å². The van der Waals surface area contributed by atoms with Gasteiger partial charge in [0.25, 0.3) is 0 Å². The molecule has 20 heavy (non-hydrogen) atoms. The van der Waals surface area contributed by atoms with Crippen LogP contribution in [-0.4, -0.2) is 5.97 Å². The van der Waals surface area contributed by atoms with Gasteiger partial charge in [0.2, 0.25) is 0 Å². The summed E-state index contributed by atoms with van der Waals surface area (Å²) in [5.74, 6) is 0.177. The molecular formula is C17H15BrO2. The standard InChI is InChI=1S/C17H15BrO2/c1-11-4-6-14(7-5-11)12(2)16-10-15(18)8-9-17(16)20-13(3)19/h4-10H,2H2,1,3H3. The molecule has 102 valence electrons. The molecule has 0 radical (unpaired) electrons. The topological polar surface area (TPSA) is 26.3 Å². The van der Waals surface area contributed by atoms with Crippen molar-refractivity contribution < 1.29 is 9.53 Å². The molecule has 0 aromatic heterocycles. The van der Waals surface area contributed by atoms with E-state index in [9.17, 15) is 4.79 Å². The number of hydrogen-bond acceptors (Lipinski definition) is 2. The molecular weight excluding hydrogens is 316 g/mol. The third-order valence-electron chi connectivity index (χ3n) is 2.92. The molecule has 0 aliphatic carbocycles. The smallest absolute Gasteiger partial charge is 0.308 e. The monoisotopic (exact) mass is 330 g/mol. The van der Waals surface area contributed by atoms with Crippen LogP contribution in [0.4, 0.5) is 0 Å². The van der Waals surface area contributed by atoms with Gasteiger partial charge in [0.1, 0.15) is 5.75 Å². The minimum absolute atomic E-state index is 0.342. The summed E-state index contributed by atoms with van der Waals surface area (Å²) in [4.78, 5) is 11.2. The van der Waals surface area contributed by atoms with Gasteiger partial charge in [-0.15, -0.1) is 0 Å². The number of ether oxygens (including phenoxy) is 1.